The summed E-state index contributed by atoms with van der Waals surface area (Å²) in [5.41, 5.74) is 4.37. The third-order valence-corrected chi connectivity index (χ3v) is 3.95. The summed E-state index contributed by atoms with van der Waals surface area (Å²) in [5, 5.41) is 20.1. The third-order valence-electron chi connectivity index (χ3n) is 3.95. The first-order chi connectivity index (χ1) is 14.2. The van der Waals surface area contributed by atoms with Crippen LogP contribution in [0.2, 0.25) is 0 Å². The number of nitrogens with zero attached hydrogens (tertiary/aromatic N) is 4. The minimum atomic E-state index is -0.383. The van der Waals surface area contributed by atoms with E-state index in [0.717, 1.165) is 23.6 Å². The molecule has 0 aliphatic carbocycles. The molecular weight excluding hydrogens is 366 g/mol. The minimum absolute atomic E-state index is 0.383. The van der Waals surface area contributed by atoms with Crippen molar-refractivity contribution in [1.82, 2.24) is 0 Å². The first-order valence-electron chi connectivity index (χ1n) is 9.14. The Balaban J connectivity index is 1.60. The predicted molar refractivity (Wildman–Crippen MR) is 113 cm³/mol. The normalized spacial score (nSPS) is 11.1. The fraction of sp³-hybridized carbons (Fsp3) is 0.136. The molecule has 0 saturated heterocycles. The summed E-state index contributed by atoms with van der Waals surface area (Å²) in [6, 6.07) is 21.8. The summed E-state index contributed by atoms with van der Waals surface area (Å²) in [7, 11) is 1.35. The highest BCUT2D eigenvalue weighted by Gasteiger charge is 2.03. The quantitative estimate of drug-likeness (QED) is 0.360. The smallest absolute Gasteiger partial charge is 0.337 e. The molecule has 29 heavy (non-hydrogen) atoms. The molecule has 7 heteroatoms. The van der Waals surface area contributed by atoms with Gasteiger partial charge in [-0.2, -0.15) is 20.5 Å². The van der Waals surface area contributed by atoms with Gasteiger partial charge in [0.1, 0.15) is 0 Å². The van der Waals surface area contributed by atoms with Gasteiger partial charge in [-0.25, -0.2) is 4.79 Å². The number of ether oxygens (including phenoxy) is 1. The van der Waals surface area contributed by atoms with Crippen LogP contribution >= 0.6 is 0 Å². The number of esters is 1. The van der Waals surface area contributed by atoms with Gasteiger partial charge in [-0.15, -0.1) is 0 Å². The van der Waals surface area contributed by atoms with E-state index in [4.69, 9.17) is 0 Å². The van der Waals surface area contributed by atoms with Gasteiger partial charge in [0.05, 0.1) is 35.4 Å². The van der Waals surface area contributed by atoms with Gasteiger partial charge in [0.15, 0.2) is 0 Å². The molecule has 0 aliphatic rings. The van der Waals surface area contributed by atoms with Crippen molar-refractivity contribution in [2.75, 3.05) is 19.0 Å². The Bertz CT molecular complexity index is 995. The first kappa shape index (κ1) is 19.9. The molecule has 0 saturated carbocycles. The molecule has 0 bridgehead atoms. The molecule has 0 aliphatic heterocycles. The molecule has 0 heterocycles. The van der Waals surface area contributed by atoms with Crippen LogP contribution in [0.15, 0.2) is 93.3 Å². The second-order valence-corrected chi connectivity index (χ2v) is 6.03. The van der Waals surface area contributed by atoms with Crippen molar-refractivity contribution in [3.05, 3.63) is 78.4 Å². The topological polar surface area (TPSA) is 87.8 Å². The Kier molecular flexibility index (Phi) is 6.78. The van der Waals surface area contributed by atoms with Gasteiger partial charge in [0, 0.05) is 12.2 Å². The number of methoxy groups -OCH3 is 1. The van der Waals surface area contributed by atoms with Gasteiger partial charge in [0.2, 0.25) is 0 Å². The molecule has 3 aromatic carbocycles. The number of nitrogens with one attached hydrogen (secondary N) is 1. The third kappa shape index (κ3) is 5.80. The summed E-state index contributed by atoms with van der Waals surface area (Å²) >= 11 is 0. The van der Waals surface area contributed by atoms with Crippen molar-refractivity contribution in [3.8, 4) is 0 Å². The number of hydrogen-bond acceptors (Lipinski definition) is 7. The maximum atomic E-state index is 11.4. The highest BCUT2D eigenvalue weighted by molar-refractivity contribution is 5.89. The zero-order chi connectivity index (χ0) is 20.5. The Labute approximate surface area is 169 Å². The number of rotatable bonds is 7. The molecule has 0 unspecified atom stereocenters. The zero-order valence-corrected chi connectivity index (χ0v) is 16.2. The number of carbonyl (C=O) groups excluding carboxylic acids is 1. The molecule has 0 spiro atoms. The van der Waals surface area contributed by atoms with Crippen LogP contribution in [0.1, 0.15) is 17.3 Å². The van der Waals surface area contributed by atoms with Crippen molar-refractivity contribution in [2.24, 2.45) is 20.5 Å². The lowest BCUT2D eigenvalue weighted by Gasteiger charge is -2.01. The van der Waals surface area contributed by atoms with E-state index in [1.165, 1.54) is 7.11 Å². The van der Waals surface area contributed by atoms with Crippen LogP contribution in [0.25, 0.3) is 0 Å². The molecule has 0 aromatic heterocycles. The van der Waals surface area contributed by atoms with Crippen molar-refractivity contribution in [3.63, 3.8) is 0 Å². The highest BCUT2D eigenvalue weighted by Crippen LogP contribution is 2.24. The van der Waals surface area contributed by atoms with E-state index < -0.39 is 0 Å². The largest absolute Gasteiger partial charge is 0.465 e. The number of benzene rings is 3. The Morgan fingerprint density at radius 3 is 1.48 bits per heavy atom. The number of hydrogen-bond donors (Lipinski definition) is 1. The molecule has 7 nitrogen and oxygen atoms in total. The Hall–Kier alpha value is -3.87. The SMILES string of the molecule is CCNc1ccc(N=Nc2ccc(N=Nc3ccc(C(=O)OC)cc3)cc2)cc1. The van der Waals surface area contributed by atoms with Crippen LogP contribution in [0, 0.1) is 0 Å². The van der Waals surface area contributed by atoms with Crippen molar-refractivity contribution in [2.45, 2.75) is 6.92 Å². The Morgan fingerprint density at radius 2 is 1.10 bits per heavy atom. The number of azo groups is 2. The van der Waals surface area contributed by atoms with E-state index in [-0.39, 0.29) is 5.97 Å². The van der Waals surface area contributed by atoms with Gasteiger partial charge in [-0.3, -0.25) is 0 Å². The lowest BCUT2D eigenvalue weighted by molar-refractivity contribution is 0.0601. The van der Waals surface area contributed by atoms with Gasteiger partial charge in [-0.05, 0) is 79.7 Å². The van der Waals surface area contributed by atoms with Gasteiger partial charge in [-0.1, -0.05) is 0 Å². The minimum Gasteiger partial charge on any atom is -0.465 e. The summed E-state index contributed by atoms with van der Waals surface area (Å²) in [6.07, 6.45) is 0. The van der Waals surface area contributed by atoms with E-state index in [2.05, 4.69) is 37.4 Å². The fourth-order valence-corrected chi connectivity index (χ4v) is 2.45. The molecule has 3 rings (SSSR count). The monoisotopic (exact) mass is 387 g/mol. The fourth-order valence-electron chi connectivity index (χ4n) is 2.45. The van der Waals surface area contributed by atoms with Crippen molar-refractivity contribution >= 4 is 34.4 Å². The van der Waals surface area contributed by atoms with Gasteiger partial charge in [0.25, 0.3) is 0 Å². The van der Waals surface area contributed by atoms with Crippen LogP contribution < -0.4 is 5.32 Å². The van der Waals surface area contributed by atoms with Crippen LogP contribution in [0.5, 0.6) is 0 Å². The molecule has 0 atom stereocenters. The average Bonchev–Trinajstić information content (AvgIpc) is 2.78. The lowest BCUT2D eigenvalue weighted by Crippen LogP contribution is -1.99. The second-order valence-electron chi connectivity index (χ2n) is 6.03. The van der Waals surface area contributed by atoms with E-state index in [1.807, 2.05) is 48.5 Å². The molecule has 0 amide bonds. The van der Waals surface area contributed by atoms with E-state index in [9.17, 15) is 4.79 Å². The maximum Gasteiger partial charge on any atom is 0.337 e. The summed E-state index contributed by atoms with van der Waals surface area (Å²) in [5.74, 6) is -0.383. The molecular formula is C22H21N5O2. The molecule has 146 valence electrons. The molecule has 1 N–H and O–H groups in total. The maximum absolute atomic E-state index is 11.4. The highest BCUT2D eigenvalue weighted by atomic mass is 16.5. The van der Waals surface area contributed by atoms with Crippen LogP contribution in [0.4, 0.5) is 28.4 Å². The Morgan fingerprint density at radius 1 is 0.724 bits per heavy atom. The van der Waals surface area contributed by atoms with E-state index in [0.29, 0.717) is 16.9 Å². The molecule has 0 radical (unpaired) electrons. The molecule has 3 aromatic rings. The van der Waals surface area contributed by atoms with Gasteiger partial charge >= 0.3 is 5.97 Å². The predicted octanol–water partition coefficient (Wildman–Crippen LogP) is 6.74. The summed E-state index contributed by atoms with van der Waals surface area (Å²) in [6.45, 7) is 2.93. The van der Waals surface area contributed by atoms with E-state index in [1.54, 1.807) is 24.3 Å². The van der Waals surface area contributed by atoms with Crippen LogP contribution in [-0.2, 0) is 4.74 Å². The van der Waals surface area contributed by atoms with Gasteiger partial charge < -0.3 is 10.1 Å². The van der Waals surface area contributed by atoms with Crippen molar-refractivity contribution in [1.29, 1.82) is 0 Å². The van der Waals surface area contributed by atoms with Crippen molar-refractivity contribution < 1.29 is 9.53 Å². The average molecular weight is 387 g/mol. The van der Waals surface area contributed by atoms with E-state index >= 15 is 0 Å². The number of carbonyl (C=O) groups is 1. The molecule has 0 fully saturated rings. The second kappa shape index (κ2) is 9.89. The van der Waals surface area contributed by atoms with Crippen LogP contribution in [0.3, 0.4) is 0 Å². The zero-order valence-electron chi connectivity index (χ0n) is 16.2. The first-order valence-corrected chi connectivity index (χ1v) is 9.14. The summed E-state index contributed by atoms with van der Waals surface area (Å²) in [4.78, 5) is 11.4. The lowest BCUT2D eigenvalue weighted by atomic mass is 10.2. The van der Waals surface area contributed by atoms with Crippen LogP contribution in [-0.4, -0.2) is 19.6 Å². The number of anilines is 1. The standard InChI is InChI=1S/C22H21N5O2/c1-3-23-17-8-10-19(11-9-17)25-27-21-14-12-20(13-15-21)26-24-18-6-4-16(5-7-18)22(28)29-2/h4-15,23H,3H2,1-2H3. The summed E-state index contributed by atoms with van der Waals surface area (Å²) < 4.78 is 4.67.